The third-order valence-corrected chi connectivity index (χ3v) is 4.74. The molecule has 0 spiro atoms. The molecule has 3 rings (SSSR count). The Kier molecular flexibility index (Phi) is 4.45. The molecule has 0 amide bonds. The molecule has 2 aromatic rings. The molecule has 0 radical (unpaired) electrons. The fourth-order valence-corrected chi connectivity index (χ4v) is 3.51. The Morgan fingerprint density at radius 3 is 2.76 bits per heavy atom. The van der Waals surface area contributed by atoms with Crippen LogP contribution in [0.5, 0.6) is 0 Å². The lowest BCUT2D eigenvalue weighted by Gasteiger charge is -2.16. The molecule has 5 nitrogen and oxygen atoms in total. The Hall–Kier alpha value is -1.53. The standard InChI is InChI=1S/C15H19N3O2S/c19-14(20)11-21-15-16-12-5-1-2-6-13(12)18(15)10-9-17-7-3-4-8-17/h1-2,5-6H,3-4,7-11H2,(H,19,20). The topological polar surface area (TPSA) is 58.4 Å². The lowest BCUT2D eigenvalue weighted by atomic mass is 10.3. The minimum absolute atomic E-state index is 0.0486. The van der Waals surface area contributed by atoms with Gasteiger partial charge in [-0.05, 0) is 38.1 Å². The van der Waals surface area contributed by atoms with Gasteiger partial charge in [-0.25, -0.2) is 4.98 Å². The first kappa shape index (κ1) is 14.4. The summed E-state index contributed by atoms with van der Waals surface area (Å²) in [6.45, 7) is 4.21. The fraction of sp³-hybridized carbons (Fsp3) is 0.467. The molecule has 1 aromatic heterocycles. The summed E-state index contributed by atoms with van der Waals surface area (Å²) in [6, 6.07) is 8.00. The fourth-order valence-electron chi connectivity index (χ4n) is 2.75. The summed E-state index contributed by atoms with van der Waals surface area (Å²) in [6.07, 6.45) is 2.57. The number of hydrogen-bond donors (Lipinski definition) is 1. The summed E-state index contributed by atoms with van der Waals surface area (Å²) in [5.41, 5.74) is 2.02. The Labute approximate surface area is 128 Å². The van der Waals surface area contributed by atoms with E-state index < -0.39 is 5.97 Å². The molecule has 1 aliphatic heterocycles. The number of carbonyl (C=O) groups is 1. The van der Waals surface area contributed by atoms with Gasteiger partial charge in [-0.1, -0.05) is 23.9 Å². The predicted octanol–water partition coefficient (Wildman–Crippen LogP) is 2.31. The molecule has 0 saturated carbocycles. The molecule has 0 aliphatic carbocycles. The maximum absolute atomic E-state index is 10.8. The highest BCUT2D eigenvalue weighted by atomic mass is 32.2. The molecule has 112 valence electrons. The van der Waals surface area contributed by atoms with E-state index in [1.165, 1.54) is 37.7 Å². The zero-order chi connectivity index (χ0) is 14.7. The monoisotopic (exact) mass is 305 g/mol. The quantitative estimate of drug-likeness (QED) is 0.830. The van der Waals surface area contributed by atoms with Crippen LogP contribution in [0.15, 0.2) is 29.4 Å². The summed E-state index contributed by atoms with van der Waals surface area (Å²) in [7, 11) is 0. The maximum Gasteiger partial charge on any atom is 0.313 e. The van der Waals surface area contributed by atoms with Crippen molar-refractivity contribution < 1.29 is 9.90 Å². The van der Waals surface area contributed by atoms with Gasteiger partial charge in [0.1, 0.15) is 0 Å². The highest BCUT2D eigenvalue weighted by Gasteiger charge is 2.15. The van der Waals surface area contributed by atoms with Crippen LogP contribution in [-0.2, 0) is 11.3 Å². The van der Waals surface area contributed by atoms with Gasteiger partial charge >= 0.3 is 5.97 Å². The molecule has 1 aliphatic rings. The van der Waals surface area contributed by atoms with E-state index in [1.54, 1.807) is 0 Å². The Bertz CT molecular complexity index is 635. The Balaban J connectivity index is 1.81. The average Bonchev–Trinajstić information content (AvgIpc) is 3.10. The molecule has 2 heterocycles. The van der Waals surface area contributed by atoms with Crippen molar-refractivity contribution in [2.45, 2.75) is 24.5 Å². The minimum Gasteiger partial charge on any atom is -0.481 e. The van der Waals surface area contributed by atoms with Crippen molar-refractivity contribution in [2.24, 2.45) is 0 Å². The molecule has 1 saturated heterocycles. The third kappa shape index (κ3) is 3.39. The number of aromatic nitrogens is 2. The number of fused-ring (bicyclic) bond motifs is 1. The van der Waals surface area contributed by atoms with Crippen LogP contribution in [0.2, 0.25) is 0 Å². The molecule has 1 fully saturated rings. The van der Waals surface area contributed by atoms with E-state index in [-0.39, 0.29) is 5.75 Å². The van der Waals surface area contributed by atoms with E-state index in [2.05, 4.69) is 20.5 Å². The van der Waals surface area contributed by atoms with Gasteiger partial charge in [0.25, 0.3) is 0 Å². The third-order valence-electron chi connectivity index (χ3n) is 3.78. The van der Waals surface area contributed by atoms with Crippen LogP contribution in [0, 0.1) is 0 Å². The van der Waals surface area contributed by atoms with Crippen LogP contribution in [-0.4, -0.2) is 50.9 Å². The maximum atomic E-state index is 10.8. The van der Waals surface area contributed by atoms with E-state index in [1.807, 2.05) is 18.2 Å². The van der Waals surface area contributed by atoms with E-state index in [4.69, 9.17) is 5.11 Å². The van der Waals surface area contributed by atoms with Crippen molar-refractivity contribution in [2.75, 3.05) is 25.4 Å². The summed E-state index contributed by atoms with van der Waals surface area (Å²) >= 11 is 1.30. The Morgan fingerprint density at radius 2 is 2.00 bits per heavy atom. The predicted molar refractivity (Wildman–Crippen MR) is 83.8 cm³/mol. The van der Waals surface area contributed by atoms with E-state index in [9.17, 15) is 4.79 Å². The van der Waals surface area contributed by atoms with Crippen molar-refractivity contribution in [3.05, 3.63) is 24.3 Å². The summed E-state index contributed by atoms with van der Waals surface area (Å²) < 4.78 is 2.15. The number of nitrogens with zero attached hydrogens (tertiary/aromatic N) is 3. The number of carboxylic acid groups (broad SMARTS) is 1. The van der Waals surface area contributed by atoms with Crippen molar-refractivity contribution in [3.8, 4) is 0 Å². The molecule has 1 aromatic carbocycles. The van der Waals surface area contributed by atoms with Gasteiger partial charge in [0.05, 0.1) is 16.8 Å². The lowest BCUT2D eigenvalue weighted by Crippen LogP contribution is -2.24. The number of para-hydroxylation sites is 2. The van der Waals surface area contributed by atoms with E-state index in [0.717, 1.165) is 29.3 Å². The highest BCUT2D eigenvalue weighted by molar-refractivity contribution is 7.99. The molecule has 0 bridgehead atoms. The summed E-state index contributed by atoms with van der Waals surface area (Å²) in [5, 5.41) is 9.68. The zero-order valence-electron chi connectivity index (χ0n) is 11.9. The number of likely N-dealkylation sites (tertiary alicyclic amines) is 1. The molecule has 1 N–H and O–H groups in total. The van der Waals surface area contributed by atoms with Crippen molar-refractivity contribution in [3.63, 3.8) is 0 Å². The largest absolute Gasteiger partial charge is 0.481 e. The molecular formula is C15H19N3O2S. The number of rotatable bonds is 6. The van der Waals surface area contributed by atoms with Crippen LogP contribution in [0.3, 0.4) is 0 Å². The van der Waals surface area contributed by atoms with Crippen LogP contribution >= 0.6 is 11.8 Å². The Morgan fingerprint density at radius 1 is 1.24 bits per heavy atom. The van der Waals surface area contributed by atoms with Gasteiger partial charge in [-0.3, -0.25) is 4.79 Å². The van der Waals surface area contributed by atoms with Gasteiger partial charge < -0.3 is 14.6 Å². The SMILES string of the molecule is O=C(O)CSc1nc2ccccc2n1CCN1CCCC1. The second kappa shape index (κ2) is 6.49. The first-order chi connectivity index (χ1) is 10.2. The van der Waals surface area contributed by atoms with Crippen LogP contribution < -0.4 is 0 Å². The van der Waals surface area contributed by atoms with Gasteiger partial charge in [-0.15, -0.1) is 0 Å². The minimum atomic E-state index is -0.807. The van der Waals surface area contributed by atoms with Gasteiger partial charge in [-0.2, -0.15) is 0 Å². The second-order valence-electron chi connectivity index (χ2n) is 5.27. The van der Waals surface area contributed by atoms with Crippen molar-refractivity contribution in [1.29, 1.82) is 0 Å². The van der Waals surface area contributed by atoms with Crippen molar-refractivity contribution in [1.82, 2.24) is 14.5 Å². The van der Waals surface area contributed by atoms with Gasteiger partial charge in [0, 0.05) is 13.1 Å². The first-order valence-electron chi connectivity index (χ1n) is 7.26. The molecule has 0 atom stereocenters. The van der Waals surface area contributed by atoms with E-state index >= 15 is 0 Å². The lowest BCUT2D eigenvalue weighted by molar-refractivity contribution is -0.133. The summed E-state index contributed by atoms with van der Waals surface area (Å²) in [4.78, 5) is 17.8. The van der Waals surface area contributed by atoms with Gasteiger partial charge in [0.2, 0.25) is 0 Å². The van der Waals surface area contributed by atoms with Crippen LogP contribution in [0.25, 0.3) is 11.0 Å². The van der Waals surface area contributed by atoms with Gasteiger partial charge in [0.15, 0.2) is 5.16 Å². The highest BCUT2D eigenvalue weighted by Crippen LogP contribution is 2.24. The second-order valence-corrected chi connectivity index (χ2v) is 6.21. The molecule has 0 unspecified atom stereocenters. The van der Waals surface area contributed by atoms with Crippen LogP contribution in [0.4, 0.5) is 0 Å². The van der Waals surface area contributed by atoms with Crippen molar-refractivity contribution >= 4 is 28.8 Å². The molecule has 6 heteroatoms. The summed E-state index contributed by atoms with van der Waals surface area (Å²) in [5.74, 6) is -0.759. The normalized spacial score (nSPS) is 15.8. The first-order valence-corrected chi connectivity index (χ1v) is 8.25. The number of carboxylic acids is 1. The number of benzene rings is 1. The zero-order valence-corrected chi connectivity index (χ0v) is 12.7. The van der Waals surface area contributed by atoms with Crippen LogP contribution in [0.1, 0.15) is 12.8 Å². The average molecular weight is 305 g/mol. The molecule has 21 heavy (non-hydrogen) atoms. The smallest absolute Gasteiger partial charge is 0.313 e. The van der Waals surface area contributed by atoms with E-state index in [0.29, 0.717) is 0 Å². The number of thioether (sulfide) groups is 1. The number of hydrogen-bond acceptors (Lipinski definition) is 4. The number of aliphatic carboxylic acids is 1. The molecular weight excluding hydrogens is 286 g/mol. The number of imidazole rings is 1.